The zero-order valence-corrected chi connectivity index (χ0v) is 15.9. The summed E-state index contributed by atoms with van der Waals surface area (Å²) in [6.45, 7) is 0. The van der Waals surface area contributed by atoms with Gasteiger partial charge in [-0.1, -0.05) is 0 Å². The van der Waals surface area contributed by atoms with E-state index in [2.05, 4.69) is 15.7 Å². The second kappa shape index (κ2) is 7.16. The number of nitrogens with one attached hydrogen (secondary N) is 2. The standard InChI is InChI=1S/C19H21F3N4O3/c1-28-12-5-11(6-13(7-12)29-2)23-18(27)15-9-17-24-14(10-3-4-10)8-16(19(20,21)22)26(17)25-15/h5-7,9-10,14,16,24H,3-4,8H2,1-2H3,(H,23,27)/t14-,16-/m0/s1. The molecule has 1 saturated carbocycles. The number of nitrogens with zero attached hydrogens (tertiary/aromatic N) is 2. The minimum atomic E-state index is -4.44. The van der Waals surface area contributed by atoms with Gasteiger partial charge in [0.15, 0.2) is 11.7 Å². The number of carbonyl (C=O) groups is 1. The number of methoxy groups -OCH3 is 2. The van der Waals surface area contributed by atoms with Crippen molar-refractivity contribution in [3.05, 3.63) is 30.0 Å². The Morgan fingerprint density at radius 3 is 2.38 bits per heavy atom. The molecular weight excluding hydrogens is 389 g/mol. The molecule has 0 bridgehead atoms. The Bertz CT molecular complexity index is 902. The van der Waals surface area contributed by atoms with Gasteiger partial charge in [0, 0.05) is 36.0 Å². The maximum atomic E-state index is 13.6. The predicted molar refractivity (Wildman–Crippen MR) is 99.6 cm³/mol. The van der Waals surface area contributed by atoms with Crippen LogP contribution in [0.15, 0.2) is 24.3 Å². The highest BCUT2D eigenvalue weighted by atomic mass is 19.4. The number of ether oxygens (including phenoxy) is 2. The Morgan fingerprint density at radius 2 is 1.83 bits per heavy atom. The second-order valence-corrected chi connectivity index (χ2v) is 7.30. The van der Waals surface area contributed by atoms with Crippen LogP contribution in [0.5, 0.6) is 11.5 Å². The molecule has 2 atom stereocenters. The molecule has 1 aliphatic carbocycles. The summed E-state index contributed by atoms with van der Waals surface area (Å²) in [5, 5.41) is 9.70. The van der Waals surface area contributed by atoms with Gasteiger partial charge in [-0.25, -0.2) is 4.68 Å². The largest absolute Gasteiger partial charge is 0.497 e. The lowest BCUT2D eigenvalue weighted by Gasteiger charge is -2.33. The van der Waals surface area contributed by atoms with E-state index in [4.69, 9.17) is 9.47 Å². The summed E-state index contributed by atoms with van der Waals surface area (Å²) < 4.78 is 51.9. The molecule has 10 heteroatoms. The average molecular weight is 410 g/mol. The van der Waals surface area contributed by atoms with Crippen LogP contribution in [0.2, 0.25) is 0 Å². The van der Waals surface area contributed by atoms with E-state index in [0.717, 1.165) is 17.5 Å². The molecule has 0 radical (unpaired) electrons. The fourth-order valence-corrected chi connectivity index (χ4v) is 3.60. The van der Waals surface area contributed by atoms with Crippen LogP contribution in [0, 0.1) is 5.92 Å². The van der Waals surface area contributed by atoms with E-state index in [1.807, 2.05) is 0 Å². The van der Waals surface area contributed by atoms with Gasteiger partial charge in [-0.05, 0) is 25.2 Å². The highest BCUT2D eigenvalue weighted by molar-refractivity contribution is 6.03. The monoisotopic (exact) mass is 410 g/mol. The van der Waals surface area contributed by atoms with Crippen molar-refractivity contribution < 1.29 is 27.4 Å². The van der Waals surface area contributed by atoms with Gasteiger partial charge in [0.25, 0.3) is 5.91 Å². The first-order chi connectivity index (χ1) is 13.8. The molecule has 29 heavy (non-hydrogen) atoms. The van der Waals surface area contributed by atoms with Crippen LogP contribution in [0.1, 0.15) is 35.8 Å². The van der Waals surface area contributed by atoms with Crippen LogP contribution >= 0.6 is 0 Å². The average Bonchev–Trinajstić information content (AvgIpc) is 3.44. The van der Waals surface area contributed by atoms with Gasteiger partial charge in [0.05, 0.1) is 14.2 Å². The first-order valence-corrected chi connectivity index (χ1v) is 9.25. The molecule has 4 rings (SSSR count). The van der Waals surface area contributed by atoms with Crippen LogP contribution < -0.4 is 20.1 Å². The van der Waals surface area contributed by atoms with Gasteiger partial charge in [0.1, 0.15) is 17.3 Å². The molecular formula is C19H21F3N4O3. The molecule has 156 valence electrons. The molecule has 0 saturated heterocycles. The molecule has 0 spiro atoms. The molecule has 1 fully saturated rings. The molecule has 1 aromatic carbocycles. The Hall–Kier alpha value is -2.91. The molecule has 2 aliphatic rings. The van der Waals surface area contributed by atoms with Gasteiger partial charge in [0.2, 0.25) is 0 Å². The number of alkyl halides is 3. The lowest BCUT2D eigenvalue weighted by Crippen LogP contribution is -2.40. The SMILES string of the molecule is COc1cc(NC(=O)c2cc3n(n2)[C@H](C(F)(F)F)C[C@@H](C2CC2)N3)cc(OC)c1. The van der Waals surface area contributed by atoms with Crippen molar-refractivity contribution in [2.24, 2.45) is 5.92 Å². The molecule has 1 aliphatic heterocycles. The van der Waals surface area contributed by atoms with Crippen molar-refractivity contribution in [3.63, 3.8) is 0 Å². The Labute approximate surface area is 165 Å². The van der Waals surface area contributed by atoms with Gasteiger partial charge >= 0.3 is 6.18 Å². The molecule has 2 aromatic rings. The number of amides is 1. The van der Waals surface area contributed by atoms with E-state index in [0.29, 0.717) is 17.2 Å². The first-order valence-electron chi connectivity index (χ1n) is 9.25. The van der Waals surface area contributed by atoms with Crippen molar-refractivity contribution in [3.8, 4) is 11.5 Å². The summed E-state index contributed by atoms with van der Waals surface area (Å²) >= 11 is 0. The third-order valence-corrected chi connectivity index (χ3v) is 5.25. The van der Waals surface area contributed by atoms with Gasteiger partial charge in [-0.3, -0.25) is 4.79 Å². The van der Waals surface area contributed by atoms with Crippen molar-refractivity contribution in [1.82, 2.24) is 9.78 Å². The van der Waals surface area contributed by atoms with Crippen molar-refractivity contribution >= 4 is 17.4 Å². The second-order valence-electron chi connectivity index (χ2n) is 7.30. The van der Waals surface area contributed by atoms with E-state index in [1.165, 1.54) is 20.3 Å². The summed E-state index contributed by atoms with van der Waals surface area (Å²) in [6, 6.07) is 4.15. The quantitative estimate of drug-likeness (QED) is 0.783. The third-order valence-electron chi connectivity index (χ3n) is 5.25. The van der Waals surface area contributed by atoms with Crippen LogP contribution in [0.3, 0.4) is 0 Å². The minimum Gasteiger partial charge on any atom is -0.497 e. The van der Waals surface area contributed by atoms with Crippen LogP contribution in [-0.4, -0.2) is 42.1 Å². The Morgan fingerprint density at radius 1 is 1.17 bits per heavy atom. The fraction of sp³-hybridized carbons (Fsp3) is 0.474. The van der Waals surface area contributed by atoms with Crippen molar-refractivity contribution in [2.75, 3.05) is 24.9 Å². The number of aromatic nitrogens is 2. The number of anilines is 2. The number of benzene rings is 1. The van der Waals surface area contributed by atoms with Crippen molar-refractivity contribution in [2.45, 2.75) is 37.5 Å². The first kappa shape index (κ1) is 19.4. The number of hydrogen-bond acceptors (Lipinski definition) is 5. The maximum absolute atomic E-state index is 13.6. The Kier molecular flexibility index (Phi) is 4.79. The van der Waals surface area contributed by atoms with Crippen LogP contribution in [0.25, 0.3) is 0 Å². The molecule has 2 heterocycles. The lowest BCUT2D eigenvalue weighted by atomic mass is 10.0. The summed E-state index contributed by atoms with van der Waals surface area (Å²) in [4.78, 5) is 12.6. The summed E-state index contributed by atoms with van der Waals surface area (Å²) in [5.74, 6) is 0.770. The maximum Gasteiger partial charge on any atom is 0.410 e. The van der Waals surface area contributed by atoms with Gasteiger partial charge in [-0.2, -0.15) is 18.3 Å². The summed E-state index contributed by atoms with van der Waals surface area (Å²) in [6.07, 6.45) is -2.69. The van der Waals surface area contributed by atoms with E-state index < -0.39 is 18.1 Å². The van der Waals surface area contributed by atoms with Crippen LogP contribution in [-0.2, 0) is 0 Å². The van der Waals surface area contributed by atoms with Gasteiger partial charge in [-0.15, -0.1) is 0 Å². The zero-order valence-electron chi connectivity index (χ0n) is 15.9. The minimum absolute atomic E-state index is 0.0863. The molecule has 1 aromatic heterocycles. The summed E-state index contributed by atoms with van der Waals surface area (Å²) in [7, 11) is 2.95. The highest BCUT2D eigenvalue weighted by Crippen LogP contribution is 2.45. The topological polar surface area (TPSA) is 77.4 Å². The number of fused-ring (bicyclic) bond motifs is 1. The molecule has 2 N–H and O–H groups in total. The highest BCUT2D eigenvalue weighted by Gasteiger charge is 2.49. The molecule has 1 amide bonds. The summed E-state index contributed by atoms with van der Waals surface area (Å²) in [5.41, 5.74) is 0.286. The van der Waals surface area contributed by atoms with E-state index >= 15 is 0 Å². The van der Waals surface area contributed by atoms with E-state index in [9.17, 15) is 18.0 Å². The number of halogens is 3. The zero-order chi connectivity index (χ0) is 20.8. The molecule has 7 nitrogen and oxygen atoms in total. The molecule has 0 unspecified atom stereocenters. The van der Waals surface area contributed by atoms with Crippen LogP contribution in [0.4, 0.5) is 24.7 Å². The van der Waals surface area contributed by atoms with Crippen molar-refractivity contribution in [1.29, 1.82) is 0 Å². The van der Waals surface area contributed by atoms with E-state index in [-0.39, 0.29) is 29.9 Å². The fourth-order valence-electron chi connectivity index (χ4n) is 3.60. The lowest BCUT2D eigenvalue weighted by molar-refractivity contribution is -0.174. The third kappa shape index (κ3) is 3.96. The number of carbonyl (C=O) groups excluding carboxylic acids is 1. The predicted octanol–water partition coefficient (Wildman–Crippen LogP) is 3.85. The van der Waals surface area contributed by atoms with Gasteiger partial charge < -0.3 is 20.1 Å². The smallest absolute Gasteiger partial charge is 0.410 e. The number of rotatable bonds is 5. The normalized spacial score (nSPS) is 21.1. The Balaban J connectivity index is 1.59. The van der Waals surface area contributed by atoms with E-state index in [1.54, 1.807) is 18.2 Å². The number of hydrogen-bond donors (Lipinski definition) is 2.